The first-order valence-electron chi connectivity index (χ1n) is 5.55. The molecular weight excluding hydrogens is 178 g/mol. The highest BCUT2D eigenvalue weighted by Gasteiger charge is 2.12. The molecule has 0 amide bonds. The van der Waals surface area contributed by atoms with Gasteiger partial charge < -0.3 is 20.2 Å². The van der Waals surface area contributed by atoms with Crippen LogP contribution >= 0.6 is 0 Å². The Balaban J connectivity index is 1.91. The molecule has 4 heteroatoms. The summed E-state index contributed by atoms with van der Waals surface area (Å²) < 4.78 is 0. The quantitative estimate of drug-likeness (QED) is 0.552. The number of piperazine rings is 1. The summed E-state index contributed by atoms with van der Waals surface area (Å²) >= 11 is 0. The van der Waals surface area contributed by atoms with Gasteiger partial charge in [0.25, 0.3) is 0 Å². The van der Waals surface area contributed by atoms with Crippen molar-refractivity contribution in [3.8, 4) is 0 Å². The molecule has 1 heterocycles. The van der Waals surface area contributed by atoms with Crippen molar-refractivity contribution in [1.29, 1.82) is 0 Å². The summed E-state index contributed by atoms with van der Waals surface area (Å²) in [6.45, 7) is 7.98. The Kier molecular flexibility index (Phi) is 6.10. The van der Waals surface area contributed by atoms with Gasteiger partial charge in [-0.1, -0.05) is 0 Å². The summed E-state index contributed by atoms with van der Waals surface area (Å²) in [6, 6.07) is 0. The minimum Gasteiger partial charge on any atom is -0.395 e. The first-order chi connectivity index (χ1) is 6.83. The van der Waals surface area contributed by atoms with Gasteiger partial charge in [-0.15, -0.1) is 0 Å². The zero-order valence-corrected chi connectivity index (χ0v) is 9.21. The van der Waals surface area contributed by atoms with Crippen molar-refractivity contribution in [2.45, 2.75) is 6.42 Å². The predicted octanol–water partition coefficient (Wildman–Crippen LogP) is -0.794. The fourth-order valence-corrected chi connectivity index (χ4v) is 1.70. The van der Waals surface area contributed by atoms with Crippen LogP contribution in [0.25, 0.3) is 0 Å². The first-order valence-corrected chi connectivity index (χ1v) is 5.55. The van der Waals surface area contributed by atoms with Gasteiger partial charge in [0.05, 0.1) is 6.61 Å². The highest BCUT2D eigenvalue weighted by Crippen LogP contribution is 1.99. The monoisotopic (exact) mass is 201 g/mol. The van der Waals surface area contributed by atoms with E-state index in [-0.39, 0.29) is 6.61 Å². The Bertz CT molecular complexity index is 135. The number of nitrogens with one attached hydrogen (secondary N) is 1. The molecule has 0 aromatic rings. The smallest absolute Gasteiger partial charge is 0.0555 e. The van der Waals surface area contributed by atoms with E-state index in [1.807, 2.05) is 0 Å². The van der Waals surface area contributed by atoms with Crippen LogP contribution in [0.1, 0.15) is 6.42 Å². The lowest BCUT2D eigenvalue weighted by molar-refractivity contribution is 0.152. The lowest BCUT2D eigenvalue weighted by atomic mass is 10.3. The molecule has 0 atom stereocenters. The maximum absolute atomic E-state index is 8.57. The maximum atomic E-state index is 8.57. The molecule has 0 bridgehead atoms. The number of aliphatic hydroxyl groups excluding tert-OH is 1. The Morgan fingerprint density at radius 3 is 2.50 bits per heavy atom. The van der Waals surface area contributed by atoms with Crippen LogP contribution < -0.4 is 5.32 Å². The third kappa shape index (κ3) is 4.91. The summed E-state index contributed by atoms with van der Waals surface area (Å²) in [6.07, 6.45) is 1.18. The molecule has 1 aliphatic rings. The minimum atomic E-state index is 0.245. The van der Waals surface area contributed by atoms with Crippen LogP contribution in [-0.2, 0) is 0 Å². The topological polar surface area (TPSA) is 38.7 Å². The second-order valence-corrected chi connectivity index (χ2v) is 3.97. The van der Waals surface area contributed by atoms with Crippen LogP contribution in [0.15, 0.2) is 0 Å². The Hall–Kier alpha value is -0.160. The second kappa shape index (κ2) is 7.17. The van der Waals surface area contributed by atoms with Gasteiger partial charge in [0, 0.05) is 32.7 Å². The van der Waals surface area contributed by atoms with Crippen molar-refractivity contribution in [2.75, 3.05) is 59.5 Å². The third-order valence-corrected chi connectivity index (χ3v) is 2.71. The Morgan fingerprint density at radius 2 is 1.86 bits per heavy atom. The summed E-state index contributed by atoms with van der Waals surface area (Å²) in [4.78, 5) is 4.89. The lowest BCUT2D eigenvalue weighted by Gasteiger charge is -2.32. The van der Waals surface area contributed by atoms with Crippen molar-refractivity contribution in [3.05, 3.63) is 0 Å². The molecule has 14 heavy (non-hydrogen) atoms. The first kappa shape index (κ1) is 11.9. The van der Waals surface area contributed by atoms with E-state index in [2.05, 4.69) is 22.2 Å². The van der Waals surface area contributed by atoms with Gasteiger partial charge in [0.15, 0.2) is 0 Å². The van der Waals surface area contributed by atoms with Gasteiger partial charge in [0.1, 0.15) is 0 Å². The van der Waals surface area contributed by atoms with Crippen molar-refractivity contribution >= 4 is 0 Å². The SMILES string of the molecule is CN1CCN(CCCNCCO)CC1. The maximum Gasteiger partial charge on any atom is 0.0555 e. The van der Waals surface area contributed by atoms with Gasteiger partial charge in [-0.2, -0.15) is 0 Å². The number of hydrogen-bond donors (Lipinski definition) is 2. The predicted molar refractivity (Wildman–Crippen MR) is 58.5 cm³/mol. The molecule has 0 aromatic carbocycles. The molecule has 0 spiro atoms. The van der Waals surface area contributed by atoms with Crippen LogP contribution in [0.3, 0.4) is 0 Å². The Labute approximate surface area is 86.9 Å². The van der Waals surface area contributed by atoms with Gasteiger partial charge in [-0.3, -0.25) is 0 Å². The molecule has 0 radical (unpaired) electrons. The molecule has 1 saturated heterocycles. The van der Waals surface area contributed by atoms with Crippen molar-refractivity contribution in [1.82, 2.24) is 15.1 Å². The number of rotatable bonds is 6. The Morgan fingerprint density at radius 1 is 1.14 bits per heavy atom. The van der Waals surface area contributed by atoms with Crippen LogP contribution in [0.4, 0.5) is 0 Å². The lowest BCUT2D eigenvalue weighted by Crippen LogP contribution is -2.45. The normalized spacial score (nSPS) is 20.1. The van der Waals surface area contributed by atoms with Crippen LogP contribution in [0, 0.1) is 0 Å². The zero-order chi connectivity index (χ0) is 10.2. The molecule has 0 unspecified atom stereocenters. The van der Waals surface area contributed by atoms with Crippen LogP contribution in [-0.4, -0.2) is 74.4 Å². The van der Waals surface area contributed by atoms with E-state index >= 15 is 0 Å². The average Bonchev–Trinajstić information content (AvgIpc) is 2.21. The second-order valence-electron chi connectivity index (χ2n) is 3.97. The third-order valence-electron chi connectivity index (χ3n) is 2.71. The molecule has 1 aliphatic heterocycles. The standard InChI is InChI=1S/C10H23N3O/c1-12-6-8-13(9-7-12)5-2-3-11-4-10-14/h11,14H,2-10H2,1H3. The molecule has 2 N–H and O–H groups in total. The highest BCUT2D eigenvalue weighted by molar-refractivity contribution is 4.69. The average molecular weight is 201 g/mol. The van der Waals surface area contributed by atoms with Gasteiger partial charge >= 0.3 is 0 Å². The van der Waals surface area contributed by atoms with E-state index in [4.69, 9.17) is 5.11 Å². The molecular formula is C10H23N3O. The van der Waals surface area contributed by atoms with Crippen LogP contribution in [0.5, 0.6) is 0 Å². The van der Waals surface area contributed by atoms with Gasteiger partial charge in [0.2, 0.25) is 0 Å². The van der Waals surface area contributed by atoms with E-state index < -0.39 is 0 Å². The van der Waals surface area contributed by atoms with Gasteiger partial charge in [-0.05, 0) is 26.6 Å². The molecule has 84 valence electrons. The molecule has 0 aliphatic carbocycles. The van der Waals surface area contributed by atoms with Crippen LogP contribution in [0.2, 0.25) is 0 Å². The fraction of sp³-hybridized carbons (Fsp3) is 1.00. The fourth-order valence-electron chi connectivity index (χ4n) is 1.70. The van der Waals surface area contributed by atoms with Gasteiger partial charge in [-0.25, -0.2) is 0 Å². The number of likely N-dealkylation sites (N-methyl/N-ethyl adjacent to an activating group) is 1. The van der Waals surface area contributed by atoms with Crippen molar-refractivity contribution in [2.24, 2.45) is 0 Å². The molecule has 0 saturated carbocycles. The number of hydrogen-bond acceptors (Lipinski definition) is 4. The van der Waals surface area contributed by atoms with E-state index in [1.54, 1.807) is 0 Å². The number of aliphatic hydroxyl groups is 1. The minimum absolute atomic E-state index is 0.245. The summed E-state index contributed by atoms with van der Waals surface area (Å²) in [7, 11) is 2.18. The summed E-state index contributed by atoms with van der Waals surface area (Å²) in [5.74, 6) is 0. The van der Waals surface area contributed by atoms with E-state index in [9.17, 15) is 0 Å². The largest absolute Gasteiger partial charge is 0.395 e. The molecule has 1 fully saturated rings. The van der Waals surface area contributed by atoms with Crippen molar-refractivity contribution < 1.29 is 5.11 Å². The van der Waals surface area contributed by atoms with E-state index in [1.165, 1.54) is 39.1 Å². The highest BCUT2D eigenvalue weighted by atomic mass is 16.3. The van der Waals surface area contributed by atoms with E-state index in [0.717, 1.165) is 13.1 Å². The zero-order valence-electron chi connectivity index (χ0n) is 9.21. The van der Waals surface area contributed by atoms with Crippen molar-refractivity contribution in [3.63, 3.8) is 0 Å². The molecule has 1 rings (SSSR count). The number of nitrogens with zero attached hydrogens (tertiary/aromatic N) is 2. The summed E-state index contributed by atoms with van der Waals surface area (Å²) in [5, 5.41) is 11.8. The van der Waals surface area contributed by atoms with E-state index in [0.29, 0.717) is 0 Å². The summed E-state index contributed by atoms with van der Waals surface area (Å²) in [5.41, 5.74) is 0. The molecule has 0 aromatic heterocycles. The molecule has 4 nitrogen and oxygen atoms in total.